The Bertz CT molecular complexity index is 1030. The molecule has 0 spiro atoms. The molecule has 1 aliphatic heterocycles. The third kappa shape index (κ3) is 5.19. The SMILES string of the molecule is CCc1ccc(OC(C)C(=O)N2CCN(c3ccc(-c4ccc(Cl)cc4)nn3)CC2)cc1. The van der Waals surface area contributed by atoms with Crippen LogP contribution < -0.4 is 9.64 Å². The third-order valence-electron chi connectivity index (χ3n) is 5.70. The highest BCUT2D eigenvalue weighted by molar-refractivity contribution is 6.30. The monoisotopic (exact) mass is 450 g/mol. The molecule has 1 unspecified atom stereocenters. The number of halogens is 1. The molecule has 6 nitrogen and oxygen atoms in total. The number of carbonyl (C=O) groups is 1. The van der Waals surface area contributed by atoms with Gasteiger partial charge in [-0.05, 0) is 55.3 Å². The summed E-state index contributed by atoms with van der Waals surface area (Å²) in [7, 11) is 0. The van der Waals surface area contributed by atoms with Crippen molar-refractivity contribution in [3.63, 3.8) is 0 Å². The van der Waals surface area contributed by atoms with Crippen LogP contribution in [0.4, 0.5) is 5.82 Å². The molecule has 0 saturated carbocycles. The Labute approximate surface area is 193 Å². The van der Waals surface area contributed by atoms with Crippen LogP contribution in [0.15, 0.2) is 60.7 Å². The summed E-state index contributed by atoms with van der Waals surface area (Å²) in [6.07, 6.45) is 0.459. The maximum atomic E-state index is 12.8. The van der Waals surface area contributed by atoms with Gasteiger partial charge in [0.05, 0.1) is 5.69 Å². The molecule has 3 aromatic rings. The van der Waals surface area contributed by atoms with E-state index in [1.165, 1.54) is 5.56 Å². The van der Waals surface area contributed by atoms with Crippen LogP contribution in [0.2, 0.25) is 5.02 Å². The molecule has 2 heterocycles. The number of ether oxygens (including phenoxy) is 1. The Balaban J connectivity index is 1.31. The zero-order valence-corrected chi connectivity index (χ0v) is 19.1. The normalized spacial score (nSPS) is 14.8. The van der Waals surface area contributed by atoms with Crippen molar-refractivity contribution in [1.82, 2.24) is 15.1 Å². The molecule has 1 atom stereocenters. The lowest BCUT2D eigenvalue weighted by atomic mass is 10.1. The van der Waals surface area contributed by atoms with Crippen LogP contribution in [0.3, 0.4) is 0 Å². The number of benzene rings is 2. The van der Waals surface area contributed by atoms with E-state index in [0.717, 1.165) is 29.2 Å². The molecule has 2 aromatic carbocycles. The van der Waals surface area contributed by atoms with Gasteiger partial charge in [0.2, 0.25) is 0 Å². The fourth-order valence-electron chi connectivity index (χ4n) is 3.74. The van der Waals surface area contributed by atoms with Gasteiger partial charge in [-0.15, -0.1) is 10.2 Å². The van der Waals surface area contributed by atoms with Gasteiger partial charge in [-0.25, -0.2) is 0 Å². The molecule has 0 N–H and O–H groups in total. The molecule has 1 aromatic heterocycles. The molecule has 1 fully saturated rings. The van der Waals surface area contributed by atoms with Gasteiger partial charge in [0.1, 0.15) is 5.75 Å². The highest BCUT2D eigenvalue weighted by atomic mass is 35.5. The molecule has 1 aliphatic rings. The number of aryl methyl sites for hydroxylation is 1. The fourth-order valence-corrected chi connectivity index (χ4v) is 3.87. The Morgan fingerprint density at radius 2 is 1.66 bits per heavy atom. The minimum atomic E-state index is -0.521. The van der Waals surface area contributed by atoms with E-state index >= 15 is 0 Å². The molecular formula is C25H27ClN4O2. The summed E-state index contributed by atoms with van der Waals surface area (Å²) < 4.78 is 5.87. The second kappa shape index (κ2) is 10.0. The zero-order valence-electron chi connectivity index (χ0n) is 18.4. The largest absolute Gasteiger partial charge is 0.481 e. The van der Waals surface area contributed by atoms with Gasteiger partial charge < -0.3 is 14.5 Å². The van der Waals surface area contributed by atoms with Crippen LogP contribution in [-0.4, -0.2) is 53.3 Å². The van der Waals surface area contributed by atoms with Gasteiger partial charge >= 0.3 is 0 Å². The van der Waals surface area contributed by atoms with Crippen LogP contribution in [0.1, 0.15) is 19.4 Å². The second-order valence-corrected chi connectivity index (χ2v) is 8.29. The number of nitrogens with zero attached hydrogens (tertiary/aromatic N) is 4. The lowest BCUT2D eigenvalue weighted by molar-refractivity contribution is -0.138. The van der Waals surface area contributed by atoms with Crippen molar-refractivity contribution in [3.05, 3.63) is 71.2 Å². The van der Waals surface area contributed by atoms with Gasteiger partial charge in [0.15, 0.2) is 11.9 Å². The standard InChI is InChI=1S/C25H27ClN4O2/c1-3-19-4-10-22(11-5-19)32-18(2)25(31)30-16-14-29(15-17-30)24-13-12-23(27-28-24)20-6-8-21(26)9-7-20/h4-13,18H,3,14-17H2,1-2H3. The van der Waals surface area contributed by atoms with E-state index in [1.807, 2.05) is 72.5 Å². The van der Waals surface area contributed by atoms with E-state index in [0.29, 0.717) is 31.2 Å². The Hall–Kier alpha value is -3.12. The second-order valence-electron chi connectivity index (χ2n) is 7.85. The average molecular weight is 451 g/mol. The number of carbonyl (C=O) groups excluding carboxylic acids is 1. The molecule has 0 aliphatic carbocycles. The van der Waals surface area contributed by atoms with Gasteiger partial charge in [-0.3, -0.25) is 4.79 Å². The van der Waals surface area contributed by atoms with Crippen molar-refractivity contribution in [1.29, 1.82) is 0 Å². The van der Waals surface area contributed by atoms with Crippen LogP contribution in [0.5, 0.6) is 5.75 Å². The van der Waals surface area contributed by atoms with Crippen LogP contribution in [-0.2, 0) is 11.2 Å². The maximum Gasteiger partial charge on any atom is 0.263 e. The van der Waals surface area contributed by atoms with Crippen molar-refractivity contribution in [2.24, 2.45) is 0 Å². The van der Waals surface area contributed by atoms with E-state index in [1.54, 1.807) is 0 Å². The van der Waals surface area contributed by atoms with E-state index in [4.69, 9.17) is 16.3 Å². The Morgan fingerprint density at radius 1 is 0.969 bits per heavy atom. The number of piperazine rings is 1. The average Bonchev–Trinajstić information content (AvgIpc) is 2.85. The van der Waals surface area contributed by atoms with Crippen molar-refractivity contribution in [2.75, 3.05) is 31.1 Å². The summed E-state index contributed by atoms with van der Waals surface area (Å²) in [5.41, 5.74) is 3.02. The minimum absolute atomic E-state index is 0.00777. The Kier molecular flexibility index (Phi) is 6.90. The van der Waals surface area contributed by atoms with Crippen LogP contribution in [0, 0.1) is 0 Å². The first kappa shape index (κ1) is 22.1. The lowest BCUT2D eigenvalue weighted by Crippen LogP contribution is -2.52. The number of hydrogen-bond acceptors (Lipinski definition) is 5. The van der Waals surface area contributed by atoms with Crippen molar-refractivity contribution < 1.29 is 9.53 Å². The van der Waals surface area contributed by atoms with E-state index in [-0.39, 0.29) is 5.91 Å². The highest BCUT2D eigenvalue weighted by Crippen LogP contribution is 2.22. The van der Waals surface area contributed by atoms with Gasteiger partial charge in [-0.2, -0.15) is 0 Å². The smallest absolute Gasteiger partial charge is 0.263 e. The van der Waals surface area contributed by atoms with E-state index < -0.39 is 6.10 Å². The molecule has 1 amide bonds. The molecular weight excluding hydrogens is 424 g/mol. The first-order valence-electron chi connectivity index (χ1n) is 10.9. The predicted molar refractivity (Wildman–Crippen MR) is 127 cm³/mol. The van der Waals surface area contributed by atoms with Gasteiger partial charge in [0, 0.05) is 36.8 Å². The Morgan fingerprint density at radius 3 is 2.25 bits per heavy atom. The topological polar surface area (TPSA) is 58.6 Å². The van der Waals surface area contributed by atoms with E-state index in [2.05, 4.69) is 22.0 Å². The van der Waals surface area contributed by atoms with Crippen molar-refractivity contribution in [3.8, 4) is 17.0 Å². The first-order chi connectivity index (χ1) is 15.5. The van der Waals surface area contributed by atoms with Gasteiger partial charge in [0.25, 0.3) is 5.91 Å². The molecule has 0 radical (unpaired) electrons. The van der Waals surface area contributed by atoms with Crippen LogP contribution in [0.25, 0.3) is 11.3 Å². The highest BCUT2D eigenvalue weighted by Gasteiger charge is 2.26. The van der Waals surface area contributed by atoms with Crippen molar-refractivity contribution in [2.45, 2.75) is 26.4 Å². The third-order valence-corrected chi connectivity index (χ3v) is 5.95. The summed E-state index contributed by atoms with van der Waals surface area (Å²) in [6, 6.07) is 19.4. The summed E-state index contributed by atoms with van der Waals surface area (Å²) in [5.74, 6) is 1.54. The predicted octanol–water partition coefficient (Wildman–Crippen LogP) is 4.48. The molecule has 7 heteroatoms. The molecule has 4 rings (SSSR count). The lowest BCUT2D eigenvalue weighted by Gasteiger charge is -2.36. The summed E-state index contributed by atoms with van der Waals surface area (Å²) in [4.78, 5) is 16.8. The summed E-state index contributed by atoms with van der Waals surface area (Å²) in [6.45, 7) is 6.59. The fraction of sp³-hybridized carbons (Fsp3) is 0.320. The number of amides is 1. The van der Waals surface area contributed by atoms with Crippen LogP contribution >= 0.6 is 11.6 Å². The number of aromatic nitrogens is 2. The minimum Gasteiger partial charge on any atom is -0.481 e. The zero-order chi connectivity index (χ0) is 22.5. The molecule has 0 bridgehead atoms. The number of anilines is 1. The van der Waals surface area contributed by atoms with Gasteiger partial charge in [-0.1, -0.05) is 42.8 Å². The first-order valence-corrected chi connectivity index (χ1v) is 11.3. The maximum absolute atomic E-state index is 12.8. The summed E-state index contributed by atoms with van der Waals surface area (Å²) in [5, 5.41) is 9.45. The summed E-state index contributed by atoms with van der Waals surface area (Å²) >= 11 is 5.95. The van der Waals surface area contributed by atoms with E-state index in [9.17, 15) is 4.79 Å². The number of hydrogen-bond donors (Lipinski definition) is 0. The quantitative estimate of drug-likeness (QED) is 0.554. The number of rotatable bonds is 6. The molecule has 32 heavy (non-hydrogen) atoms. The molecule has 1 saturated heterocycles. The molecule has 166 valence electrons. The van der Waals surface area contributed by atoms with Crippen molar-refractivity contribution >= 4 is 23.3 Å².